The third-order valence-electron chi connectivity index (χ3n) is 3.45. The monoisotopic (exact) mass is 244 g/mol. The largest absolute Gasteiger partial charge is 0.493 e. The lowest BCUT2D eigenvalue weighted by molar-refractivity contribution is 0.205. The van der Waals surface area contributed by atoms with Gasteiger partial charge in [-0.2, -0.15) is 0 Å². The fraction of sp³-hybridized carbons (Fsp3) is 0.333. The van der Waals surface area contributed by atoms with E-state index in [0.29, 0.717) is 0 Å². The Hall–Kier alpha value is -1.74. The van der Waals surface area contributed by atoms with E-state index in [-0.39, 0.29) is 0 Å². The zero-order valence-corrected chi connectivity index (χ0v) is 10.3. The van der Waals surface area contributed by atoms with E-state index in [2.05, 4.69) is 6.07 Å². The topological polar surface area (TPSA) is 42.6 Å². The minimum absolute atomic E-state index is 0.684. The molecule has 0 aliphatic carbocycles. The molecule has 3 rings (SSSR count). The summed E-state index contributed by atoms with van der Waals surface area (Å²) in [5.41, 5.74) is 2.81. The first-order chi connectivity index (χ1) is 8.77. The molecule has 0 spiro atoms. The standard InChI is InChI=1S/C15H16O3/c1-10-12(7-9-17-10)14(16)13-6-2-4-11-5-3-8-18-15(11)13/h2,4,6-7,9,14,16H,3,5,8H2,1H3. The normalized spacial score (nSPS) is 15.9. The van der Waals surface area contributed by atoms with Gasteiger partial charge in [0, 0.05) is 11.1 Å². The van der Waals surface area contributed by atoms with Crippen LogP contribution in [0, 0.1) is 6.92 Å². The van der Waals surface area contributed by atoms with Crippen molar-refractivity contribution in [3.63, 3.8) is 0 Å². The smallest absolute Gasteiger partial charge is 0.128 e. The summed E-state index contributed by atoms with van der Waals surface area (Å²) in [6.07, 6.45) is 2.97. The van der Waals surface area contributed by atoms with Gasteiger partial charge in [-0.1, -0.05) is 18.2 Å². The molecule has 1 unspecified atom stereocenters. The number of hydrogen-bond acceptors (Lipinski definition) is 3. The van der Waals surface area contributed by atoms with Gasteiger partial charge in [-0.25, -0.2) is 0 Å². The van der Waals surface area contributed by atoms with Crippen LogP contribution >= 0.6 is 0 Å². The molecule has 1 aromatic heterocycles. The average Bonchev–Trinajstić information content (AvgIpc) is 2.83. The van der Waals surface area contributed by atoms with E-state index in [1.807, 2.05) is 25.1 Å². The molecule has 0 saturated heterocycles. The minimum atomic E-state index is -0.684. The van der Waals surface area contributed by atoms with E-state index in [0.717, 1.165) is 42.1 Å². The van der Waals surface area contributed by atoms with Crippen LogP contribution in [-0.4, -0.2) is 11.7 Å². The van der Waals surface area contributed by atoms with Crippen molar-refractivity contribution in [2.75, 3.05) is 6.61 Å². The highest BCUT2D eigenvalue weighted by molar-refractivity contribution is 5.47. The SMILES string of the molecule is Cc1occc1C(O)c1cccc2c1OCCC2. The number of aliphatic hydroxyl groups excluding tert-OH is 1. The third-order valence-corrected chi connectivity index (χ3v) is 3.45. The van der Waals surface area contributed by atoms with Crippen LogP contribution in [-0.2, 0) is 6.42 Å². The van der Waals surface area contributed by atoms with E-state index in [4.69, 9.17) is 9.15 Å². The van der Waals surface area contributed by atoms with Crippen molar-refractivity contribution in [2.45, 2.75) is 25.9 Å². The molecule has 94 valence electrons. The Morgan fingerprint density at radius 2 is 2.11 bits per heavy atom. The molecule has 3 heteroatoms. The number of ether oxygens (including phenoxy) is 1. The van der Waals surface area contributed by atoms with Crippen molar-refractivity contribution >= 4 is 0 Å². The van der Waals surface area contributed by atoms with Crippen LogP contribution in [0.25, 0.3) is 0 Å². The maximum Gasteiger partial charge on any atom is 0.128 e. The van der Waals surface area contributed by atoms with Gasteiger partial charge in [0.1, 0.15) is 17.6 Å². The quantitative estimate of drug-likeness (QED) is 0.883. The Kier molecular flexibility index (Phi) is 2.84. The number of hydrogen-bond donors (Lipinski definition) is 1. The maximum atomic E-state index is 10.5. The van der Waals surface area contributed by atoms with Gasteiger partial charge in [0.05, 0.1) is 12.9 Å². The molecule has 2 heterocycles. The van der Waals surface area contributed by atoms with Crippen molar-refractivity contribution in [3.8, 4) is 5.75 Å². The van der Waals surface area contributed by atoms with E-state index in [9.17, 15) is 5.11 Å². The second kappa shape index (κ2) is 4.50. The second-order valence-corrected chi connectivity index (χ2v) is 4.62. The summed E-state index contributed by atoms with van der Waals surface area (Å²) in [5.74, 6) is 1.59. The minimum Gasteiger partial charge on any atom is -0.493 e. The summed E-state index contributed by atoms with van der Waals surface area (Å²) in [7, 11) is 0. The predicted octanol–water partition coefficient (Wildman–Crippen LogP) is 2.99. The Balaban J connectivity index is 2.04. The van der Waals surface area contributed by atoms with Gasteiger partial charge in [-0.3, -0.25) is 0 Å². The number of furan rings is 1. The third kappa shape index (κ3) is 1.81. The molecule has 1 N–H and O–H groups in total. The molecule has 1 aromatic carbocycles. The van der Waals surface area contributed by atoms with Crippen molar-refractivity contribution in [2.24, 2.45) is 0 Å². The summed E-state index contributed by atoms with van der Waals surface area (Å²) in [5, 5.41) is 10.5. The van der Waals surface area contributed by atoms with Gasteiger partial charge < -0.3 is 14.3 Å². The Labute approximate surface area is 106 Å². The predicted molar refractivity (Wildman–Crippen MR) is 67.8 cm³/mol. The summed E-state index contributed by atoms with van der Waals surface area (Å²) in [4.78, 5) is 0. The molecule has 0 bridgehead atoms. The molecule has 0 radical (unpaired) electrons. The average molecular weight is 244 g/mol. The molecule has 1 aliphatic heterocycles. The van der Waals surface area contributed by atoms with Crippen molar-refractivity contribution in [3.05, 3.63) is 53.0 Å². The van der Waals surface area contributed by atoms with E-state index >= 15 is 0 Å². The van der Waals surface area contributed by atoms with Crippen molar-refractivity contribution in [1.29, 1.82) is 0 Å². The van der Waals surface area contributed by atoms with Crippen LogP contribution in [0.4, 0.5) is 0 Å². The molecule has 2 aromatic rings. The lowest BCUT2D eigenvalue weighted by atomic mass is 9.96. The fourth-order valence-corrected chi connectivity index (χ4v) is 2.48. The van der Waals surface area contributed by atoms with Gasteiger partial charge in [0.25, 0.3) is 0 Å². The molecular formula is C15H16O3. The molecule has 18 heavy (non-hydrogen) atoms. The van der Waals surface area contributed by atoms with Crippen LogP contribution in [0.2, 0.25) is 0 Å². The van der Waals surface area contributed by atoms with Gasteiger partial charge in [0.2, 0.25) is 0 Å². The number of fused-ring (bicyclic) bond motifs is 1. The summed E-state index contributed by atoms with van der Waals surface area (Å²) < 4.78 is 11.0. The molecular weight excluding hydrogens is 228 g/mol. The molecule has 1 aliphatic rings. The highest BCUT2D eigenvalue weighted by atomic mass is 16.5. The maximum absolute atomic E-state index is 10.5. The number of benzene rings is 1. The zero-order chi connectivity index (χ0) is 12.5. The fourth-order valence-electron chi connectivity index (χ4n) is 2.48. The van der Waals surface area contributed by atoms with Crippen molar-refractivity contribution < 1.29 is 14.3 Å². The lowest BCUT2D eigenvalue weighted by Crippen LogP contribution is -2.12. The Morgan fingerprint density at radius 1 is 1.22 bits per heavy atom. The highest BCUT2D eigenvalue weighted by Crippen LogP contribution is 2.36. The first-order valence-corrected chi connectivity index (χ1v) is 6.24. The lowest BCUT2D eigenvalue weighted by Gasteiger charge is -2.22. The summed E-state index contributed by atoms with van der Waals surface area (Å²) in [6.45, 7) is 2.58. The molecule has 1 atom stereocenters. The van der Waals surface area contributed by atoms with E-state index in [1.54, 1.807) is 6.26 Å². The summed E-state index contributed by atoms with van der Waals surface area (Å²) in [6, 6.07) is 7.76. The van der Waals surface area contributed by atoms with E-state index in [1.165, 1.54) is 5.56 Å². The number of aliphatic hydroxyl groups is 1. The van der Waals surface area contributed by atoms with E-state index < -0.39 is 6.10 Å². The number of para-hydroxylation sites is 1. The molecule has 0 fully saturated rings. The van der Waals surface area contributed by atoms with Crippen molar-refractivity contribution in [1.82, 2.24) is 0 Å². The number of rotatable bonds is 2. The number of aryl methyl sites for hydroxylation is 2. The Morgan fingerprint density at radius 3 is 2.89 bits per heavy atom. The van der Waals surface area contributed by atoms with Gasteiger partial charge in [0.15, 0.2) is 0 Å². The molecule has 0 saturated carbocycles. The van der Waals surface area contributed by atoms with Gasteiger partial charge >= 0.3 is 0 Å². The first-order valence-electron chi connectivity index (χ1n) is 6.24. The highest BCUT2D eigenvalue weighted by Gasteiger charge is 2.22. The summed E-state index contributed by atoms with van der Waals surface area (Å²) >= 11 is 0. The first kappa shape index (κ1) is 11.4. The molecule has 0 amide bonds. The second-order valence-electron chi connectivity index (χ2n) is 4.62. The Bertz CT molecular complexity index is 557. The zero-order valence-electron chi connectivity index (χ0n) is 10.3. The van der Waals surface area contributed by atoms with Crippen LogP contribution in [0.5, 0.6) is 5.75 Å². The van der Waals surface area contributed by atoms with Gasteiger partial charge in [-0.15, -0.1) is 0 Å². The van der Waals surface area contributed by atoms with Crippen LogP contribution in [0.15, 0.2) is 34.9 Å². The van der Waals surface area contributed by atoms with Gasteiger partial charge in [-0.05, 0) is 31.4 Å². The van der Waals surface area contributed by atoms with Crippen LogP contribution in [0.1, 0.15) is 35.0 Å². The molecule has 3 nitrogen and oxygen atoms in total. The van der Waals surface area contributed by atoms with Crippen LogP contribution < -0.4 is 4.74 Å². The van der Waals surface area contributed by atoms with Crippen LogP contribution in [0.3, 0.4) is 0 Å².